The minimum Gasteiger partial charge on any atom is -0.399 e. The van der Waals surface area contributed by atoms with Crippen LogP contribution >= 0.6 is 11.6 Å². The zero-order chi connectivity index (χ0) is 14.7. The van der Waals surface area contributed by atoms with E-state index < -0.39 is 0 Å². The van der Waals surface area contributed by atoms with E-state index in [-0.39, 0.29) is 6.04 Å². The molecule has 1 atom stereocenters. The molecule has 1 unspecified atom stereocenters. The van der Waals surface area contributed by atoms with Crippen LogP contribution in [0.3, 0.4) is 0 Å². The summed E-state index contributed by atoms with van der Waals surface area (Å²) in [5, 5.41) is 12.7. The zero-order valence-electron chi connectivity index (χ0n) is 12.0. The van der Waals surface area contributed by atoms with Crippen molar-refractivity contribution in [3.8, 4) is 11.4 Å². The molecule has 0 aliphatic rings. The second-order valence-corrected chi connectivity index (χ2v) is 5.47. The van der Waals surface area contributed by atoms with Crippen LogP contribution in [-0.4, -0.2) is 20.2 Å². The van der Waals surface area contributed by atoms with Crippen LogP contribution in [0.1, 0.15) is 39.7 Å². The summed E-state index contributed by atoms with van der Waals surface area (Å²) in [6, 6.07) is 5.62. The van der Waals surface area contributed by atoms with Crippen molar-refractivity contribution in [2.45, 2.75) is 39.7 Å². The van der Waals surface area contributed by atoms with Crippen molar-refractivity contribution < 1.29 is 0 Å². The third kappa shape index (κ3) is 2.93. The van der Waals surface area contributed by atoms with Gasteiger partial charge >= 0.3 is 0 Å². The van der Waals surface area contributed by atoms with Crippen molar-refractivity contribution >= 4 is 17.3 Å². The summed E-state index contributed by atoms with van der Waals surface area (Å²) < 4.78 is 1.86. The molecule has 20 heavy (non-hydrogen) atoms. The maximum Gasteiger partial charge on any atom is 0.182 e. The van der Waals surface area contributed by atoms with Crippen LogP contribution in [0.4, 0.5) is 5.69 Å². The van der Waals surface area contributed by atoms with Crippen molar-refractivity contribution in [3.05, 3.63) is 23.2 Å². The predicted octanol–water partition coefficient (Wildman–Crippen LogP) is 3.57. The number of hydrogen-bond donors (Lipinski definition) is 1. The summed E-state index contributed by atoms with van der Waals surface area (Å²) in [4.78, 5) is 0. The highest BCUT2D eigenvalue weighted by molar-refractivity contribution is 6.31. The molecular weight excluding hydrogens is 274 g/mol. The highest BCUT2D eigenvalue weighted by Crippen LogP contribution is 2.29. The average molecular weight is 294 g/mol. The number of aromatic nitrogens is 4. The van der Waals surface area contributed by atoms with Crippen LogP contribution in [0.2, 0.25) is 5.02 Å². The van der Waals surface area contributed by atoms with Crippen molar-refractivity contribution in [1.29, 1.82) is 0 Å². The van der Waals surface area contributed by atoms with Crippen molar-refractivity contribution in [1.82, 2.24) is 20.2 Å². The molecule has 0 amide bonds. The summed E-state index contributed by atoms with van der Waals surface area (Å²) in [6.07, 6.45) is 2.18. The average Bonchev–Trinajstić information content (AvgIpc) is 2.88. The second-order valence-electron chi connectivity index (χ2n) is 5.04. The minimum absolute atomic E-state index is 0.232. The third-order valence-electron chi connectivity index (χ3n) is 3.79. The molecule has 0 fully saturated rings. The second kappa shape index (κ2) is 6.22. The molecule has 2 rings (SSSR count). The minimum atomic E-state index is 0.232. The summed E-state index contributed by atoms with van der Waals surface area (Å²) in [6.45, 7) is 6.52. The summed E-state index contributed by atoms with van der Waals surface area (Å²) in [5.74, 6) is 1.24. The molecule has 108 valence electrons. The van der Waals surface area contributed by atoms with Gasteiger partial charge in [0.2, 0.25) is 0 Å². The Morgan fingerprint density at radius 1 is 1.25 bits per heavy atom. The van der Waals surface area contributed by atoms with Crippen molar-refractivity contribution in [2.75, 3.05) is 5.73 Å². The smallest absolute Gasteiger partial charge is 0.182 e. The van der Waals surface area contributed by atoms with E-state index in [2.05, 4.69) is 36.3 Å². The lowest BCUT2D eigenvalue weighted by Gasteiger charge is -2.22. The predicted molar refractivity (Wildman–Crippen MR) is 81.5 cm³/mol. The highest BCUT2D eigenvalue weighted by atomic mass is 35.5. The van der Waals surface area contributed by atoms with Gasteiger partial charge in [-0.2, -0.15) is 0 Å². The fraction of sp³-hybridized carbons (Fsp3) is 0.500. The first-order chi connectivity index (χ1) is 9.56. The Hall–Kier alpha value is -1.62. The first-order valence-corrected chi connectivity index (χ1v) is 7.28. The molecule has 0 saturated carbocycles. The molecule has 5 nitrogen and oxygen atoms in total. The van der Waals surface area contributed by atoms with E-state index in [9.17, 15) is 0 Å². The fourth-order valence-electron chi connectivity index (χ4n) is 2.57. The van der Waals surface area contributed by atoms with Gasteiger partial charge in [-0.15, -0.1) is 5.10 Å². The topological polar surface area (TPSA) is 69.6 Å². The Kier molecular flexibility index (Phi) is 4.60. The Balaban J connectivity index is 2.42. The quantitative estimate of drug-likeness (QED) is 0.856. The molecular formula is C14H20ClN5. The monoisotopic (exact) mass is 293 g/mol. The number of hydrogen-bond acceptors (Lipinski definition) is 4. The van der Waals surface area contributed by atoms with Crippen LogP contribution < -0.4 is 5.73 Å². The van der Waals surface area contributed by atoms with E-state index in [1.165, 1.54) is 0 Å². The molecule has 0 radical (unpaired) electrons. The lowest BCUT2D eigenvalue weighted by Crippen LogP contribution is -2.18. The van der Waals surface area contributed by atoms with Gasteiger partial charge in [0.25, 0.3) is 0 Å². The SMILES string of the molecule is CCC(CC)C(C)n1nnnc1-c1cc(N)cc(Cl)c1. The zero-order valence-corrected chi connectivity index (χ0v) is 12.8. The van der Waals surface area contributed by atoms with E-state index in [1.807, 2.05) is 16.8 Å². The molecule has 1 heterocycles. The standard InChI is InChI=1S/C14H20ClN5/c1-4-10(5-2)9(3)20-14(17-18-19-20)11-6-12(15)8-13(16)7-11/h6-10H,4-5,16H2,1-3H3. The lowest BCUT2D eigenvalue weighted by molar-refractivity contribution is 0.309. The molecule has 0 spiro atoms. The van der Waals surface area contributed by atoms with Crippen LogP contribution in [0.5, 0.6) is 0 Å². The number of rotatable bonds is 5. The van der Waals surface area contributed by atoms with Gasteiger partial charge in [-0.25, -0.2) is 4.68 Å². The van der Waals surface area contributed by atoms with Gasteiger partial charge in [0.05, 0.1) is 6.04 Å². The molecule has 1 aromatic heterocycles. The third-order valence-corrected chi connectivity index (χ3v) is 4.01. The molecule has 0 bridgehead atoms. The number of nitrogen functional groups attached to an aromatic ring is 1. The van der Waals surface area contributed by atoms with Gasteiger partial charge in [0, 0.05) is 16.3 Å². The van der Waals surface area contributed by atoms with Crippen molar-refractivity contribution in [3.63, 3.8) is 0 Å². The molecule has 0 aliphatic carbocycles. The maximum absolute atomic E-state index is 6.06. The molecule has 2 N–H and O–H groups in total. The number of anilines is 1. The van der Waals surface area contributed by atoms with Gasteiger partial charge in [-0.1, -0.05) is 38.3 Å². The molecule has 6 heteroatoms. The fourth-order valence-corrected chi connectivity index (χ4v) is 2.81. The molecule has 0 saturated heterocycles. The summed E-state index contributed by atoms with van der Waals surface area (Å²) in [7, 11) is 0. The number of benzene rings is 1. The Labute approximate surface area is 124 Å². The molecule has 1 aromatic carbocycles. The number of tetrazole rings is 1. The van der Waals surface area contributed by atoms with E-state index in [0.29, 0.717) is 22.5 Å². The first kappa shape index (κ1) is 14.8. The van der Waals surface area contributed by atoms with Gasteiger partial charge in [-0.05, 0) is 41.5 Å². The largest absolute Gasteiger partial charge is 0.399 e. The number of nitrogens with two attached hydrogens (primary N) is 1. The van der Waals surface area contributed by atoms with Crippen LogP contribution in [0.15, 0.2) is 18.2 Å². The number of halogens is 1. The van der Waals surface area contributed by atoms with Gasteiger partial charge in [0.1, 0.15) is 0 Å². The van der Waals surface area contributed by atoms with E-state index in [1.54, 1.807) is 6.07 Å². The van der Waals surface area contributed by atoms with Crippen molar-refractivity contribution in [2.24, 2.45) is 5.92 Å². The lowest BCUT2D eigenvalue weighted by atomic mass is 9.95. The maximum atomic E-state index is 6.06. The van der Waals surface area contributed by atoms with Gasteiger partial charge < -0.3 is 5.73 Å². The van der Waals surface area contributed by atoms with Crippen LogP contribution in [-0.2, 0) is 0 Å². The summed E-state index contributed by atoms with van der Waals surface area (Å²) >= 11 is 6.06. The Bertz CT molecular complexity index is 556. The first-order valence-electron chi connectivity index (χ1n) is 6.91. The molecule has 0 aliphatic heterocycles. The van der Waals surface area contributed by atoms with E-state index >= 15 is 0 Å². The van der Waals surface area contributed by atoms with Gasteiger partial charge in [0.15, 0.2) is 5.82 Å². The normalized spacial score (nSPS) is 12.8. The van der Waals surface area contributed by atoms with Crippen LogP contribution in [0, 0.1) is 5.92 Å². The Morgan fingerprint density at radius 2 is 1.95 bits per heavy atom. The Morgan fingerprint density at radius 3 is 2.55 bits per heavy atom. The van der Waals surface area contributed by atoms with E-state index in [4.69, 9.17) is 17.3 Å². The van der Waals surface area contributed by atoms with E-state index in [0.717, 1.165) is 18.4 Å². The van der Waals surface area contributed by atoms with Gasteiger partial charge in [-0.3, -0.25) is 0 Å². The molecule has 2 aromatic rings. The highest BCUT2D eigenvalue weighted by Gasteiger charge is 2.21. The number of nitrogens with zero attached hydrogens (tertiary/aromatic N) is 4. The summed E-state index contributed by atoms with van der Waals surface area (Å²) in [5.41, 5.74) is 7.30. The van der Waals surface area contributed by atoms with Crippen LogP contribution in [0.25, 0.3) is 11.4 Å².